The number of aryl methyl sites for hydroxylation is 4. The first-order valence-corrected chi connectivity index (χ1v) is 10.7. The fraction of sp³-hybridized carbons (Fsp3) is 0.143. The van der Waals surface area contributed by atoms with Crippen LogP contribution in [0, 0.1) is 27.7 Å². The second-order valence-corrected chi connectivity index (χ2v) is 8.32. The van der Waals surface area contributed by atoms with E-state index in [0.29, 0.717) is 22.9 Å². The van der Waals surface area contributed by atoms with Crippen molar-refractivity contribution in [3.05, 3.63) is 95.1 Å². The molecule has 4 rings (SSSR count). The van der Waals surface area contributed by atoms with E-state index in [4.69, 9.17) is 4.74 Å². The molecule has 168 valence electrons. The minimum absolute atomic E-state index is 0.116. The summed E-state index contributed by atoms with van der Waals surface area (Å²) in [4.78, 5) is 1.81. The van der Waals surface area contributed by atoms with Crippen LogP contribution in [0.1, 0.15) is 22.3 Å². The molecule has 5 nitrogen and oxygen atoms in total. The van der Waals surface area contributed by atoms with Gasteiger partial charge in [0, 0.05) is 5.69 Å². The van der Waals surface area contributed by atoms with Gasteiger partial charge in [0.25, 0.3) is 0 Å². The predicted octanol–water partition coefficient (Wildman–Crippen LogP) is 7.30. The van der Waals surface area contributed by atoms with Crippen LogP contribution in [0.15, 0.2) is 72.8 Å². The molecule has 0 atom stereocenters. The molecule has 0 aliphatic heterocycles. The van der Waals surface area contributed by atoms with Gasteiger partial charge in [-0.25, -0.2) is 0 Å². The van der Waals surface area contributed by atoms with Crippen molar-refractivity contribution in [2.24, 2.45) is 0 Å². The van der Waals surface area contributed by atoms with Crippen LogP contribution in [0.25, 0.3) is 0 Å². The summed E-state index contributed by atoms with van der Waals surface area (Å²) in [5.74, 6) is 1.77. The van der Waals surface area contributed by atoms with Gasteiger partial charge in [-0.15, -0.1) is 0 Å². The average molecular weight is 442 g/mol. The molecule has 0 aromatic heterocycles. The summed E-state index contributed by atoms with van der Waals surface area (Å²) in [6.45, 7) is 7.53. The monoisotopic (exact) mass is 441 g/mol. The van der Waals surface area contributed by atoms with Crippen LogP contribution in [0.3, 0.4) is 0 Å². The summed E-state index contributed by atoms with van der Waals surface area (Å²) in [5.41, 5.74) is 5.30. The number of aromatic hydroxyl groups is 3. The zero-order valence-electron chi connectivity index (χ0n) is 19.1. The van der Waals surface area contributed by atoms with Crippen molar-refractivity contribution in [1.29, 1.82) is 0 Å². The van der Waals surface area contributed by atoms with Crippen LogP contribution >= 0.6 is 0 Å². The lowest BCUT2D eigenvalue weighted by Gasteiger charge is -2.27. The first-order valence-electron chi connectivity index (χ1n) is 10.7. The summed E-state index contributed by atoms with van der Waals surface area (Å²) in [6.07, 6.45) is 0. The Morgan fingerprint density at radius 1 is 0.576 bits per heavy atom. The first kappa shape index (κ1) is 22.1. The number of nitrogens with zero attached hydrogens (tertiary/aromatic N) is 1. The molecule has 0 unspecified atom stereocenters. The predicted molar refractivity (Wildman–Crippen MR) is 132 cm³/mol. The fourth-order valence-electron chi connectivity index (χ4n) is 3.73. The quantitative estimate of drug-likeness (QED) is 0.303. The molecule has 0 amide bonds. The summed E-state index contributed by atoms with van der Waals surface area (Å²) in [7, 11) is 0. The van der Waals surface area contributed by atoms with Gasteiger partial charge in [0.1, 0.15) is 28.7 Å². The van der Waals surface area contributed by atoms with Crippen molar-refractivity contribution >= 4 is 17.1 Å². The Hall–Kier alpha value is -4.12. The van der Waals surface area contributed by atoms with Gasteiger partial charge in [-0.05, 0) is 111 Å². The molecule has 4 aromatic rings. The van der Waals surface area contributed by atoms with Crippen LogP contribution in [0.5, 0.6) is 28.7 Å². The molecule has 0 saturated heterocycles. The van der Waals surface area contributed by atoms with Crippen molar-refractivity contribution in [3.63, 3.8) is 0 Å². The van der Waals surface area contributed by atoms with Crippen LogP contribution in [0.4, 0.5) is 17.1 Å². The van der Waals surface area contributed by atoms with E-state index in [-0.39, 0.29) is 17.2 Å². The van der Waals surface area contributed by atoms with E-state index >= 15 is 0 Å². The van der Waals surface area contributed by atoms with Crippen LogP contribution in [0.2, 0.25) is 0 Å². The third kappa shape index (κ3) is 4.58. The average Bonchev–Trinajstić information content (AvgIpc) is 2.76. The fourth-order valence-corrected chi connectivity index (χ4v) is 3.73. The number of rotatable bonds is 5. The SMILES string of the molecule is Cc1ccc(N(c2ccc(Oc3cc(C)c(O)cc3C)cc2)c2ccc(C)cc2O)c(O)c1. The van der Waals surface area contributed by atoms with Gasteiger partial charge in [0.05, 0.1) is 11.4 Å². The highest BCUT2D eigenvalue weighted by atomic mass is 16.5. The van der Waals surface area contributed by atoms with E-state index in [1.54, 1.807) is 24.3 Å². The van der Waals surface area contributed by atoms with Crippen LogP contribution < -0.4 is 9.64 Å². The smallest absolute Gasteiger partial charge is 0.139 e. The highest BCUT2D eigenvalue weighted by Gasteiger charge is 2.19. The molecule has 0 heterocycles. The Bertz CT molecular complexity index is 1260. The number of phenols is 3. The molecule has 0 radical (unpaired) electrons. The summed E-state index contributed by atoms with van der Waals surface area (Å²) < 4.78 is 6.04. The summed E-state index contributed by atoms with van der Waals surface area (Å²) >= 11 is 0. The van der Waals surface area contributed by atoms with Gasteiger partial charge in [-0.1, -0.05) is 12.1 Å². The first-order chi connectivity index (χ1) is 15.7. The second kappa shape index (κ2) is 8.79. The zero-order chi connectivity index (χ0) is 23.7. The van der Waals surface area contributed by atoms with Crippen molar-refractivity contribution in [2.45, 2.75) is 27.7 Å². The molecule has 33 heavy (non-hydrogen) atoms. The van der Waals surface area contributed by atoms with E-state index in [0.717, 1.165) is 27.9 Å². The summed E-state index contributed by atoms with van der Waals surface area (Å²) in [5, 5.41) is 31.3. The van der Waals surface area contributed by atoms with Gasteiger partial charge >= 0.3 is 0 Å². The lowest BCUT2D eigenvalue weighted by atomic mass is 10.1. The summed E-state index contributed by atoms with van der Waals surface area (Å²) in [6, 6.07) is 21.8. The van der Waals surface area contributed by atoms with E-state index in [2.05, 4.69) is 0 Å². The number of hydrogen-bond acceptors (Lipinski definition) is 5. The number of ether oxygens (including phenoxy) is 1. The van der Waals surface area contributed by atoms with Crippen molar-refractivity contribution < 1.29 is 20.1 Å². The van der Waals surface area contributed by atoms with Gasteiger partial charge in [0.2, 0.25) is 0 Å². The maximum absolute atomic E-state index is 10.7. The number of phenolic OH excluding ortho intramolecular Hbond substituents is 3. The Kier molecular flexibility index (Phi) is 5.88. The van der Waals surface area contributed by atoms with Gasteiger partial charge in [0.15, 0.2) is 0 Å². The molecular weight excluding hydrogens is 414 g/mol. The number of anilines is 3. The standard InChI is InChI=1S/C28H27NO4/c1-17-5-11-23(26(31)13-17)29(24-12-6-18(2)14-27(24)32)21-7-9-22(10-8-21)33-28-16-19(3)25(30)15-20(28)4/h5-16,30-32H,1-4H3. The molecule has 4 aromatic carbocycles. The minimum Gasteiger partial charge on any atom is -0.508 e. The molecule has 0 fully saturated rings. The van der Waals surface area contributed by atoms with E-state index in [1.807, 2.05) is 81.1 Å². The Morgan fingerprint density at radius 2 is 1.12 bits per heavy atom. The number of hydrogen-bond donors (Lipinski definition) is 3. The van der Waals surface area contributed by atoms with Crippen molar-refractivity contribution in [2.75, 3.05) is 4.90 Å². The lowest BCUT2D eigenvalue weighted by molar-refractivity contribution is 0.458. The Morgan fingerprint density at radius 3 is 1.64 bits per heavy atom. The molecule has 0 saturated carbocycles. The van der Waals surface area contributed by atoms with Crippen molar-refractivity contribution in [3.8, 4) is 28.7 Å². The van der Waals surface area contributed by atoms with Gasteiger partial charge in [-0.3, -0.25) is 0 Å². The van der Waals surface area contributed by atoms with E-state index in [1.165, 1.54) is 0 Å². The Balaban J connectivity index is 1.74. The highest BCUT2D eigenvalue weighted by molar-refractivity contribution is 5.83. The maximum atomic E-state index is 10.7. The molecule has 5 heteroatoms. The normalized spacial score (nSPS) is 10.8. The molecule has 0 spiro atoms. The molecule has 0 bridgehead atoms. The highest BCUT2D eigenvalue weighted by Crippen LogP contribution is 2.44. The Labute approximate surface area is 193 Å². The molecular formula is C28H27NO4. The largest absolute Gasteiger partial charge is 0.508 e. The zero-order valence-corrected chi connectivity index (χ0v) is 19.1. The third-order valence-corrected chi connectivity index (χ3v) is 5.56. The van der Waals surface area contributed by atoms with Gasteiger partial charge in [-0.2, -0.15) is 0 Å². The molecule has 0 aliphatic carbocycles. The molecule has 0 aliphatic rings. The third-order valence-electron chi connectivity index (χ3n) is 5.56. The minimum atomic E-state index is 0.116. The topological polar surface area (TPSA) is 73.2 Å². The molecule has 3 N–H and O–H groups in total. The van der Waals surface area contributed by atoms with E-state index < -0.39 is 0 Å². The van der Waals surface area contributed by atoms with Crippen LogP contribution in [-0.4, -0.2) is 15.3 Å². The van der Waals surface area contributed by atoms with Crippen molar-refractivity contribution in [1.82, 2.24) is 0 Å². The maximum Gasteiger partial charge on any atom is 0.139 e. The number of benzene rings is 4. The van der Waals surface area contributed by atoms with Crippen LogP contribution in [-0.2, 0) is 0 Å². The lowest BCUT2D eigenvalue weighted by Crippen LogP contribution is -2.10. The van der Waals surface area contributed by atoms with Gasteiger partial charge < -0.3 is 25.0 Å². The van der Waals surface area contributed by atoms with E-state index in [9.17, 15) is 15.3 Å². The second-order valence-electron chi connectivity index (χ2n) is 8.32.